The molecule has 6 atom stereocenters. The molecule has 4 amide bonds. The summed E-state index contributed by atoms with van der Waals surface area (Å²) in [6, 6.07) is 3.22. The number of rotatable bonds is 5. The number of halogens is 4. The molecule has 20 heteroatoms. The van der Waals surface area contributed by atoms with E-state index in [1.807, 2.05) is 4.72 Å². The molecule has 7 rings (SSSR count). The second-order valence-electron chi connectivity index (χ2n) is 16.8. The number of nitrogens with one attached hydrogen (secondary N) is 3. The Morgan fingerprint density at radius 2 is 1.69 bits per heavy atom. The number of alkyl carbamates (subject to hydrolysis) is 1. The molecule has 3 heterocycles. The van der Waals surface area contributed by atoms with Gasteiger partial charge in [0, 0.05) is 18.4 Å². The predicted molar refractivity (Wildman–Crippen MR) is 197 cm³/mol. The molecule has 3 saturated carbocycles. The standard InChI is InChI=1S/C38H44F4N6O9S/c1-35(2,3)28-32(50)48-19-20(17-24(48)30(49)46-37(18-21(37)29(39)40)33(51)47-58(53,54)36(4)14-15-36)56-31-27(43-22-9-5-6-10-23(22)44-31)38(41,42)13-8-16-55-25-11-7-12-26(25)57-34(52)45-28/h5-6,8-10,13,20,24-26,28H,7,11-12,14-19H2,1-4H3,(H,45,52)(H,46,49)(H,47,51)/b13-8+/t20-,24+,25-,26-,28-,37-/m1/s1. The molecule has 2 bridgehead atoms. The van der Waals surface area contributed by atoms with Crippen molar-refractivity contribution in [2.45, 2.75) is 119 Å². The van der Waals surface area contributed by atoms with Crippen LogP contribution < -0.4 is 20.1 Å². The maximum atomic E-state index is 16.1. The summed E-state index contributed by atoms with van der Waals surface area (Å²) < 4.78 is 104. The summed E-state index contributed by atoms with van der Waals surface area (Å²) >= 11 is 0. The van der Waals surface area contributed by atoms with Crippen LogP contribution in [0.4, 0.5) is 22.4 Å². The van der Waals surface area contributed by atoms with Gasteiger partial charge in [0.15, 0.2) is 11.2 Å². The van der Waals surface area contributed by atoms with Crippen LogP contribution in [0.5, 0.6) is 5.88 Å². The summed E-state index contributed by atoms with van der Waals surface area (Å²) in [5.74, 6) is -7.79. The Morgan fingerprint density at radius 1 is 1.02 bits per heavy atom. The number of ether oxygens (including phenoxy) is 3. The van der Waals surface area contributed by atoms with E-state index < -0.39 is 128 Å². The van der Waals surface area contributed by atoms with E-state index in [0.29, 0.717) is 25.3 Å². The Balaban J connectivity index is 1.27. The Bertz CT molecular complexity index is 2210. The van der Waals surface area contributed by atoms with Gasteiger partial charge in [-0.25, -0.2) is 23.2 Å². The topological polar surface area (TPSA) is 195 Å². The molecule has 1 saturated heterocycles. The van der Waals surface area contributed by atoms with Crippen LogP contribution in [0.2, 0.25) is 0 Å². The molecule has 15 nitrogen and oxygen atoms in total. The Hall–Kier alpha value is -4.85. The van der Waals surface area contributed by atoms with E-state index >= 15 is 8.78 Å². The van der Waals surface area contributed by atoms with Gasteiger partial charge in [0.05, 0.1) is 35.0 Å². The largest absolute Gasteiger partial charge is 0.471 e. The van der Waals surface area contributed by atoms with Gasteiger partial charge in [-0.05, 0) is 62.7 Å². The molecule has 58 heavy (non-hydrogen) atoms. The van der Waals surface area contributed by atoms with Crippen molar-refractivity contribution in [3.05, 3.63) is 53.8 Å². The first-order chi connectivity index (χ1) is 27.1. The lowest BCUT2D eigenvalue weighted by Crippen LogP contribution is -2.60. The summed E-state index contributed by atoms with van der Waals surface area (Å²) in [5, 5.41) is 4.88. The SMILES string of the molecule is CC(C)(C)[C@@H]1NC(=O)O[C@@H]2CCC[C@H]2OC/C=C/C(F)(F)c2nc3ccccc3nc2O[C@@H]2C[C@@H](C(=O)N[C@]3(C(=O)NS(=O)(=O)C4(C)CC4)CC3=C(F)F)N(C2)C1=O. The van der Waals surface area contributed by atoms with Crippen molar-refractivity contribution in [1.29, 1.82) is 0 Å². The number of amides is 4. The van der Waals surface area contributed by atoms with Crippen molar-refractivity contribution in [1.82, 2.24) is 30.2 Å². The van der Waals surface area contributed by atoms with Crippen LogP contribution in [0, 0.1) is 5.41 Å². The number of benzene rings is 1. The van der Waals surface area contributed by atoms with Crippen LogP contribution in [0.3, 0.4) is 0 Å². The number of hydrogen-bond acceptors (Lipinski definition) is 11. The van der Waals surface area contributed by atoms with Gasteiger partial charge in [-0.1, -0.05) is 39.0 Å². The van der Waals surface area contributed by atoms with Gasteiger partial charge in [0.1, 0.15) is 24.3 Å². The first-order valence-corrected chi connectivity index (χ1v) is 20.4. The van der Waals surface area contributed by atoms with Crippen molar-refractivity contribution in [2.24, 2.45) is 5.41 Å². The fourth-order valence-electron chi connectivity index (χ4n) is 7.51. The summed E-state index contributed by atoms with van der Waals surface area (Å²) in [6.07, 6.45) is -3.48. The lowest BCUT2D eigenvalue weighted by molar-refractivity contribution is -0.142. The number of aromatic nitrogens is 2. The third kappa shape index (κ3) is 7.96. The molecule has 314 valence electrons. The number of alkyl halides is 2. The molecule has 1 aromatic heterocycles. The van der Waals surface area contributed by atoms with Crippen molar-refractivity contribution in [3.63, 3.8) is 0 Å². The van der Waals surface area contributed by atoms with Crippen LogP contribution >= 0.6 is 0 Å². The van der Waals surface area contributed by atoms with Gasteiger partial charge < -0.3 is 29.7 Å². The fourth-order valence-corrected chi connectivity index (χ4v) is 8.81. The average molecular weight is 837 g/mol. The van der Waals surface area contributed by atoms with Gasteiger partial charge in [-0.15, -0.1) is 0 Å². The predicted octanol–water partition coefficient (Wildman–Crippen LogP) is 4.13. The number of allylic oxidation sites excluding steroid dienone is 1. The maximum absolute atomic E-state index is 16.1. The van der Waals surface area contributed by atoms with Crippen LogP contribution in [-0.2, 0) is 39.8 Å². The number of hydrogen-bond donors (Lipinski definition) is 3. The third-order valence-electron chi connectivity index (χ3n) is 11.4. The highest BCUT2D eigenvalue weighted by Gasteiger charge is 2.63. The molecule has 3 N–H and O–H groups in total. The van der Waals surface area contributed by atoms with E-state index in [2.05, 4.69) is 20.6 Å². The number of carbonyl (C=O) groups is 4. The van der Waals surface area contributed by atoms with Gasteiger partial charge >= 0.3 is 12.0 Å². The molecule has 2 aromatic rings. The first kappa shape index (κ1) is 41.3. The van der Waals surface area contributed by atoms with Crippen molar-refractivity contribution in [2.75, 3.05) is 13.2 Å². The number of para-hydroxylation sites is 2. The summed E-state index contributed by atoms with van der Waals surface area (Å²) in [5.41, 5.74) is -4.88. The van der Waals surface area contributed by atoms with Crippen molar-refractivity contribution in [3.8, 4) is 5.88 Å². The molecule has 5 aliphatic rings. The molecule has 4 fully saturated rings. The quantitative estimate of drug-likeness (QED) is 0.290. The minimum absolute atomic E-state index is 0.126. The zero-order valence-electron chi connectivity index (χ0n) is 32.2. The maximum Gasteiger partial charge on any atom is 0.408 e. The monoisotopic (exact) mass is 836 g/mol. The fraction of sp³-hybridized carbons (Fsp3) is 0.579. The lowest BCUT2D eigenvalue weighted by atomic mass is 9.85. The molecule has 0 radical (unpaired) electrons. The molecule has 1 aromatic carbocycles. The molecule has 0 spiro atoms. The number of sulfonamides is 1. The normalized spacial score (nSPS) is 30.0. The van der Waals surface area contributed by atoms with Crippen molar-refractivity contribution >= 4 is 44.9 Å². The van der Waals surface area contributed by atoms with E-state index in [0.717, 1.165) is 11.0 Å². The minimum Gasteiger partial charge on any atom is -0.471 e. The smallest absolute Gasteiger partial charge is 0.408 e. The molecule has 0 unspecified atom stereocenters. The Kier molecular flexibility index (Phi) is 10.5. The second-order valence-corrected chi connectivity index (χ2v) is 19.0. The summed E-state index contributed by atoms with van der Waals surface area (Å²) in [4.78, 5) is 65.2. The number of fused-ring (bicyclic) bond motifs is 5. The molecular weight excluding hydrogens is 793 g/mol. The van der Waals surface area contributed by atoms with Crippen LogP contribution in [0.25, 0.3) is 11.0 Å². The van der Waals surface area contributed by atoms with E-state index in [4.69, 9.17) is 14.2 Å². The highest BCUT2D eigenvalue weighted by Crippen LogP contribution is 2.48. The van der Waals surface area contributed by atoms with Crippen LogP contribution in [0.1, 0.15) is 78.3 Å². The van der Waals surface area contributed by atoms with E-state index in [1.54, 1.807) is 32.9 Å². The van der Waals surface area contributed by atoms with E-state index in [1.165, 1.54) is 19.1 Å². The van der Waals surface area contributed by atoms with Crippen LogP contribution in [-0.4, -0.2) is 101 Å². The molecule has 2 aliphatic heterocycles. The first-order valence-electron chi connectivity index (χ1n) is 19.0. The minimum atomic E-state index is -4.33. The third-order valence-corrected chi connectivity index (χ3v) is 13.5. The number of nitrogens with zero attached hydrogens (tertiary/aromatic N) is 3. The van der Waals surface area contributed by atoms with Crippen LogP contribution in [0.15, 0.2) is 48.1 Å². The van der Waals surface area contributed by atoms with Gasteiger partial charge in [0.25, 0.3) is 12.0 Å². The van der Waals surface area contributed by atoms with Gasteiger partial charge in [-0.3, -0.25) is 19.1 Å². The zero-order valence-corrected chi connectivity index (χ0v) is 33.0. The lowest BCUT2D eigenvalue weighted by Gasteiger charge is -2.35. The van der Waals surface area contributed by atoms with Crippen molar-refractivity contribution < 1.29 is 59.4 Å². The molecule has 3 aliphatic carbocycles. The average Bonchev–Trinajstić information content (AvgIpc) is 3.97. The highest BCUT2D eigenvalue weighted by atomic mass is 32.2. The van der Waals surface area contributed by atoms with E-state index in [9.17, 15) is 36.4 Å². The second kappa shape index (κ2) is 14.8. The Labute approximate surface area is 331 Å². The van der Waals surface area contributed by atoms with Gasteiger partial charge in [0.2, 0.25) is 27.7 Å². The zero-order chi connectivity index (χ0) is 42.0. The van der Waals surface area contributed by atoms with E-state index in [-0.39, 0.29) is 30.5 Å². The Morgan fingerprint density at radius 3 is 2.33 bits per heavy atom. The molecular formula is C38H44F4N6O9S. The summed E-state index contributed by atoms with van der Waals surface area (Å²) in [7, 11) is -4.33. The highest BCUT2D eigenvalue weighted by molar-refractivity contribution is 7.91. The number of carbonyl (C=O) groups excluding carboxylic acids is 4. The summed E-state index contributed by atoms with van der Waals surface area (Å²) in [6.45, 7) is 5.58. The van der Waals surface area contributed by atoms with Gasteiger partial charge in [-0.2, -0.15) is 17.6 Å².